The molecule has 3 rings (SSSR count). The van der Waals surface area contributed by atoms with Gasteiger partial charge in [0.1, 0.15) is 0 Å². The maximum Gasteiger partial charge on any atom is 0.0685 e. The molecule has 0 aliphatic rings. The van der Waals surface area contributed by atoms with Crippen LogP contribution in [0, 0.1) is 6.92 Å². The van der Waals surface area contributed by atoms with Crippen LogP contribution in [0.3, 0.4) is 0 Å². The van der Waals surface area contributed by atoms with Crippen LogP contribution in [0.25, 0.3) is 16.6 Å². The Kier molecular flexibility index (Phi) is 2.15. The van der Waals surface area contributed by atoms with Gasteiger partial charge in [-0.15, -0.1) is 0 Å². The summed E-state index contributed by atoms with van der Waals surface area (Å²) in [6, 6.07) is 16.5. The molecule has 17 heavy (non-hydrogen) atoms. The number of nitrogen functional groups attached to an aromatic ring is 1. The zero-order valence-electron chi connectivity index (χ0n) is 9.72. The standard InChI is InChI=1S/C15H14N2/c1-11-6-7-14-12(10-11)8-9-17(14)15-5-3-2-4-13(15)16/h2-10H,16H2,1H3. The van der Waals surface area contributed by atoms with Gasteiger partial charge in [0, 0.05) is 11.6 Å². The predicted octanol–water partition coefficient (Wildman–Crippen LogP) is 3.52. The molecule has 2 heteroatoms. The fourth-order valence-electron chi connectivity index (χ4n) is 2.18. The molecule has 3 aromatic rings. The maximum absolute atomic E-state index is 6.01. The van der Waals surface area contributed by atoms with Crippen molar-refractivity contribution in [3.8, 4) is 5.69 Å². The number of rotatable bonds is 1. The molecular weight excluding hydrogens is 208 g/mol. The lowest BCUT2D eigenvalue weighted by molar-refractivity contribution is 1.13. The van der Waals surface area contributed by atoms with Gasteiger partial charge in [0.25, 0.3) is 0 Å². The van der Waals surface area contributed by atoms with Crippen molar-refractivity contribution in [2.45, 2.75) is 6.92 Å². The summed E-state index contributed by atoms with van der Waals surface area (Å²) in [5.41, 5.74) is 10.3. The lowest BCUT2D eigenvalue weighted by Gasteiger charge is -2.08. The van der Waals surface area contributed by atoms with Gasteiger partial charge in [0.2, 0.25) is 0 Å². The van der Waals surface area contributed by atoms with Gasteiger partial charge in [-0.3, -0.25) is 0 Å². The van der Waals surface area contributed by atoms with E-state index in [0.717, 1.165) is 11.4 Å². The van der Waals surface area contributed by atoms with Crippen LogP contribution in [0.1, 0.15) is 5.56 Å². The molecule has 0 amide bonds. The van der Waals surface area contributed by atoms with E-state index in [2.05, 4.69) is 42.0 Å². The van der Waals surface area contributed by atoms with Crippen molar-refractivity contribution in [3.63, 3.8) is 0 Å². The fourth-order valence-corrected chi connectivity index (χ4v) is 2.18. The Hall–Kier alpha value is -2.22. The number of aromatic nitrogens is 1. The first kappa shape index (κ1) is 9.97. The Morgan fingerprint density at radius 3 is 2.65 bits per heavy atom. The van der Waals surface area contributed by atoms with Crippen LogP contribution >= 0.6 is 0 Å². The first-order valence-corrected chi connectivity index (χ1v) is 5.68. The predicted molar refractivity (Wildman–Crippen MR) is 72.4 cm³/mol. The van der Waals surface area contributed by atoms with E-state index in [1.807, 2.05) is 24.3 Å². The minimum absolute atomic E-state index is 0.797. The molecule has 0 unspecified atom stereocenters. The van der Waals surface area contributed by atoms with Gasteiger partial charge < -0.3 is 10.3 Å². The summed E-state index contributed by atoms with van der Waals surface area (Å²) in [6.07, 6.45) is 2.07. The molecule has 0 fully saturated rings. The smallest absolute Gasteiger partial charge is 0.0685 e. The normalized spacial score (nSPS) is 10.9. The van der Waals surface area contributed by atoms with Crippen LogP contribution in [-0.2, 0) is 0 Å². The summed E-state index contributed by atoms with van der Waals surface area (Å²) in [7, 11) is 0. The van der Waals surface area contributed by atoms with Crippen LogP contribution in [0.4, 0.5) is 5.69 Å². The number of benzene rings is 2. The van der Waals surface area contributed by atoms with E-state index in [1.165, 1.54) is 16.5 Å². The summed E-state index contributed by atoms with van der Waals surface area (Å²) in [5, 5.41) is 1.24. The number of hydrogen-bond acceptors (Lipinski definition) is 1. The molecule has 1 heterocycles. The van der Waals surface area contributed by atoms with Gasteiger partial charge in [-0.05, 0) is 37.3 Å². The molecular formula is C15H14N2. The number of para-hydroxylation sites is 2. The molecule has 0 bridgehead atoms. The minimum atomic E-state index is 0.797. The third kappa shape index (κ3) is 1.58. The van der Waals surface area contributed by atoms with Crippen LogP contribution in [0.2, 0.25) is 0 Å². The van der Waals surface area contributed by atoms with Crippen molar-refractivity contribution in [3.05, 3.63) is 60.3 Å². The number of anilines is 1. The highest BCUT2D eigenvalue weighted by Gasteiger charge is 2.05. The zero-order valence-corrected chi connectivity index (χ0v) is 9.72. The van der Waals surface area contributed by atoms with Crippen molar-refractivity contribution in [2.24, 2.45) is 0 Å². The van der Waals surface area contributed by atoms with E-state index in [0.29, 0.717) is 0 Å². The van der Waals surface area contributed by atoms with E-state index in [4.69, 9.17) is 5.73 Å². The highest BCUT2D eigenvalue weighted by atomic mass is 15.0. The van der Waals surface area contributed by atoms with Crippen molar-refractivity contribution >= 4 is 16.6 Å². The minimum Gasteiger partial charge on any atom is -0.397 e. The van der Waals surface area contributed by atoms with E-state index >= 15 is 0 Å². The molecule has 2 aromatic carbocycles. The molecule has 0 aliphatic heterocycles. The van der Waals surface area contributed by atoms with Gasteiger partial charge in [-0.25, -0.2) is 0 Å². The second-order valence-electron chi connectivity index (χ2n) is 4.31. The second kappa shape index (κ2) is 3.67. The zero-order chi connectivity index (χ0) is 11.8. The third-order valence-corrected chi connectivity index (χ3v) is 3.04. The summed E-state index contributed by atoms with van der Waals surface area (Å²) in [5.74, 6) is 0. The highest BCUT2D eigenvalue weighted by molar-refractivity contribution is 5.83. The van der Waals surface area contributed by atoms with Crippen LogP contribution < -0.4 is 5.73 Å². The summed E-state index contributed by atoms with van der Waals surface area (Å²) < 4.78 is 2.13. The van der Waals surface area contributed by atoms with Crippen LogP contribution in [0.5, 0.6) is 0 Å². The van der Waals surface area contributed by atoms with Crippen LogP contribution in [0.15, 0.2) is 54.7 Å². The quantitative estimate of drug-likeness (QED) is 0.627. The van der Waals surface area contributed by atoms with Crippen molar-refractivity contribution < 1.29 is 0 Å². The summed E-state index contributed by atoms with van der Waals surface area (Å²) >= 11 is 0. The number of hydrogen-bond donors (Lipinski definition) is 1. The summed E-state index contributed by atoms with van der Waals surface area (Å²) in [6.45, 7) is 2.10. The molecule has 0 atom stereocenters. The monoisotopic (exact) mass is 222 g/mol. The molecule has 2 N–H and O–H groups in total. The Morgan fingerprint density at radius 2 is 1.82 bits per heavy atom. The van der Waals surface area contributed by atoms with E-state index < -0.39 is 0 Å². The maximum atomic E-state index is 6.01. The Balaban J connectivity index is 2.29. The number of aryl methyl sites for hydroxylation is 1. The molecule has 1 aromatic heterocycles. The van der Waals surface area contributed by atoms with E-state index in [-0.39, 0.29) is 0 Å². The average Bonchev–Trinajstić information content (AvgIpc) is 2.72. The van der Waals surface area contributed by atoms with Gasteiger partial charge in [-0.2, -0.15) is 0 Å². The first-order chi connectivity index (χ1) is 8.25. The molecule has 0 saturated carbocycles. The lowest BCUT2D eigenvalue weighted by Crippen LogP contribution is -1.97. The van der Waals surface area contributed by atoms with Crippen molar-refractivity contribution in [1.82, 2.24) is 4.57 Å². The number of nitrogens with two attached hydrogens (primary N) is 1. The lowest BCUT2D eigenvalue weighted by atomic mass is 10.2. The average molecular weight is 222 g/mol. The Morgan fingerprint density at radius 1 is 1.00 bits per heavy atom. The third-order valence-electron chi connectivity index (χ3n) is 3.04. The Labute approximate surface area is 100 Å². The highest BCUT2D eigenvalue weighted by Crippen LogP contribution is 2.24. The van der Waals surface area contributed by atoms with Gasteiger partial charge in [0.05, 0.1) is 16.9 Å². The second-order valence-corrected chi connectivity index (χ2v) is 4.31. The molecule has 2 nitrogen and oxygen atoms in total. The molecule has 0 saturated heterocycles. The van der Waals surface area contributed by atoms with Gasteiger partial charge >= 0.3 is 0 Å². The van der Waals surface area contributed by atoms with E-state index in [1.54, 1.807) is 0 Å². The first-order valence-electron chi connectivity index (χ1n) is 5.68. The van der Waals surface area contributed by atoms with Gasteiger partial charge in [-0.1, -0.05) is 23.8 Å². The Bertz CT molecular complexity index is 680. The molecule has 0 spiro atoms. The molecule has 0 aliphatic carbocycles. The van der Waals surface area contributed by atoms with E-state index in [9.17, 15) is 0 Å². The summed E-state index contributed by atoms with van der Waals surface area (Å²) in [4.78, 5) is 0. The van der Waals surface area contributed by atoms with Gasteiger partial charge in [0.15, 0.2) is 0 Å². The van der Waals surface area contributed by atoms with Crippen molar-refractivity contribution in [2.75, 3.05) is 5.73 Å². The van der Waals surface area contributed by atoms with Crippen LogP contribution in [-0.4, -0.2) is 4.57 Å². The number of nitrogens with zero attached hydrogens (tertiary/aromatic N) is 1. The largest absolute Gasteiger partial charge is 0.397 e. The van der Waals surface area contributed by atoms with Crippen molar-refractivity contribution in [1.29, 1.82) is 0 Å². The molecule has 84 valence electrons. The fraction of sp³-hybridized carbons (Fsp3) is 0.0667. The number of fused-ring (bicyclic) bond motifs is 1. The topological polar surface area (TPSA) is 30.9 Å². The SMILES string of the molecule is Cc1ccc2c(ccn2-c2ccccc2N)c1. The molecule has 0 radical (unpaired) electrons.